The fourth-order valence-corrected chi connectivity index (χ4v) is 2.78. The van der Waals surface area contributed by atoms with Crippen molar-refractivity contribution in [3.63, 3.8) is 0 Å². The minimum absolute atomic E-state index is 0.149. The molecule has 0 unspecified atom stereocenters. The van der Waals surface area contributed by atoms with E-state index in [-0.39, 0.29) is 11.5 Å². The average Bonchev–Trinajstić information content (AvgIpc) is 3.14. The first-order valence-electron chi connectivity index (χ1n) is 6.75. The number of benzene rings is 1. The van der Waals surface area contributed by atoms with E-state index in [2.05, 4.69) is 9.68 Å². The van der Waals surface area contributed by atoms with Crippen molar-refractivity contribution in [1.82, 2.24) is 5.16 Å². The summed E-state index contributed by atoms with van der Waals surface area (Å²) in [7, 11) is -3.27. The molecule has 9 heteroatoms. The van der Waals surface area contributed by atoms with Gasteiger partial charge in [-0.3, -0.25) is 4.90 Å². The van der Waals surface area contributed by atoms with E-state index >= 15 is 0 Å². The summed E-state index contributed by atoms with van der Waals surface area (Å²) in [5.74, 6) is 0.317. The summed E-state index contributed by atoms with van der Waals surface area (Å²) in [6.45, 7) is 0.450. The molecular weight excluding hydrogens is 324 g/mol. The molecule has 8 nitrogen and oxygen atoms in total. The van der Waals surface area contributed by atoms with Gasteiger partial charge in [0.05, 0.1) is 11.4 Å². The molecule has 1 aromatic carbocycles. The Morgan fingerprint density at radius 1 is 1.30 bits per heavy atom. The Labute approximate surface area is 132 Å². The highest BCUT2D eigenvalue weighted by atomic mass is 32.2. The molecule has 2 aromatic rings. The van der Waals surface area contributed by atoms with Crippen LogP contribution in [0.3, 0.4) is 0 Å². The van der Waals surface area contributed by atoms with Gasteiger partial charge >= 0.3 is 6.09 Å². The molecule has 0 radical (unpaired) electrons. The second-order valence-corrected chi connectivity index (χ2v) is 7.05. The first-order valence-corrected chi connectivity index (χ1v) is 8.64. The van der Waals surface area contributed by atoms with Crippen LogP contribution in [0.1, 0.15) is 0 Å². The predicted octanol–water partition coefficient (Wildman–Crippen LogP) is 1.48. The van der Waals surface area contributed by atoms with Crippen LogP contribution in [0, 0.1) is 0 Å². The second-order valence-electron chi connectivity index (χ2n) is 5.03. The Kier molecular flexibility index (Phi) is 3.95. The molecule has 0 aliphatic carbocycles. The molecule has 0 saturated carbocycles. The van der Waals surface area contributed by atoms with E-state index < -0.39 is 22.0 Å². The minimum Gasteiger partial charge on any atom is -0.471 e. The SMILES string of the molecule is CS(=O)(=O)c1ccc(N2C[C@H](COc3ccon3)OC2=O)cc1. The normalized spacial score (nSPS) is 18.0. The standard InChI is InChI=1S/C14H14N2O6S/c1-23(18,19)12-4-2-10(3-5-12)16-8-11(22-14(16)17)9-20-13-6-7-21-15-13/h2-7,11H,8-9H2,1H3/t11-/m1/s1. The highest BCUT2D eigenvalue weighted by Crippen LogP contribution is 2.23. The van der Waals surface area contributed by atoms with Gasteiger partial charge in [-0.1, -0.05) is 0 Å². The maximum Gasteiger partial charge on any atom is 0.414 e. The number of aromatic nitrogens is 1. The fraction of sp³-hybridized carbons (Fsp3) is 0.286. The molecule has 1 aliphatic heterocycles. The molecule has 0 N–H and O–H groups in total. The van der Waals surface area contributed by atoms with Crippen LogP contribution in [0.25, 0.3) is 0 Å². The Balaban J connectivity index is 1.65. The van der Waals surface area contributed by atoms with E-state index in [1.54, 1.807) is 18.2 Å². The third-order valence-corrected chi connectivity index (χ3v) is 4.41. The first kappa shape index (κ1) is 15.3. The highest BCUT2D eigenvalue weighted by Gasteiger charge is 2.33. The molecule has 2 heterocycles. The number of anilines is 1. The number of carbonyl (C=O) groups excluding carboxylic acids is 1. The van der Waals surface area contributed by atoms with E-state index in [1.165, 1.54) is 23.3 Å². The van der Waals surface area contributed by atoms with Gasteiger partial charge in [0, 0.05) is 18.0 Å². The van der Waals surface area contributed by atoms with E-state index in [4.69, 9.17) is 9.47 Å². The largest absolute Gasteiger partial charge is 0.471 e. The lowest BCUT2D eigenvalue weighted by Crippen LogP contribution is -2.26. The molecule has 122 valence electrons. The lowest BCUT2D eigenvalue weighted by Gasteiger charge is -2.13. The second kappa shape index (κ2) is 5.92. The van der Waals surface area contributed by atoms with Gasteiger partial charge in [0.2, 0.25) is 0 Å². The van der Waals surface area contributed by atoms with E-state index in [1.807, 2.05) is 0 Å². The van der Waals surface area contributed by atoms with Crippen LogP contribution >= 0.6 is 0 Å². The molecule has 23 heavy (non-hydrogen) atoms. The zero-order valence-corrected chi connectivity index (χ0v) is 13.0. The summed E-state index contributed by atoms with van der Waals surface area (Å²) >= 11 is 0. The van der Waals surface area contributed by atoms with Crippen LogP contribution in [0.15, 0.2) is 46.0 Å². The molecule has 1 amide bonds. The van der Waals surface area contributed by atoms with Crippen molar-refractivity contribution in [2.45, 2.75) is 11.0 Å². The van der Waals surface area contributed by atoms with E-state index in [0.29, 0.717) is 18.1 Å². The predicted molar refractivity (Wildman–Crippen MR) is 79.2 cm³/mol. The molecule has 0 spiro atoms. The number of cyclic esters (lactones) is 1. The molecular formula is C14H14N2O6S. The van der Waals surface area contributed by atoms with Crippen LogP contribution in [0.4, 0.5) is 10.5 Å². The van der Waals surface area contributed by atoms with Crippen molar-refractivity contribution in [2.24, 2.45) is 0 Å². The molecule has 0 bridgehead atoms. The maximum absolute atomic E-state index is 11.9. The first-order chi connectivity index (χ1) is 10.9. The lowest BCUT2D eigenvalue weighted by molar-refractivity contribution is 0.102. The van der Waals surface area contributed by atoms with Crippen molar-refractivity contribution < 1.29 is 27.2 Å². The number of amides is 1. The molecule has 1 aliphatic rings. The van der Waals surface area contributed by atoms with Gasteiger partial charge in [-0.2, -0.15) is 0 Å². The van der Waals surface area contributed by atoms with Gasteiger partial charge < -0.3 is 14.0 Å². The third kappa shape index (κ3) is 3.45. The van der Waals surface area contributed by atoms with Crippen molar-refractivity contribution in [1.29, 1.82) is 0 Å². The third-order valence-electron chi connectivity index (χ3n) is 3.28. The van der Waals surface area contributed by atoms with E-state index in [0.717, 1.165) is 6.26 Å². The number of sulfone groups is 1. The van der Waals surface area contributed by atoms with Gasteiger partial charge in [0.25, 0.3) is 5.88 Å². The Hall–Kier alpha value is -2.55. The van der Waals surface area contributed by atoms with Gasteiger partial charge in [0.1, 0.15) is 12.9 Å². The van der Waals surface area contributed by atoms with E-state index in [9.17, 15) is 13.2 Å². The van der Waals surface area contributed by atoms with Crippen LogP contribution in [-0.2, 0) is 14.6 Å². The highest BCUT2D eigenvalue weighted by molar-refractivity contribution is 7.90. The fourth-order valence-electron chi connectivity index (χ4n) is 2.15. The zero-order chi connectivity index (χ0) is 16.4. The number of ether oxygens (including phenoxy) is 2. The number of nitrogens with zero attached hydrogens (tertiary/aromatic N) is 2. The summed E-state index contributed by atoms with van der Waals surface area (Å²) in [5.41, 5.74) is 0.561. The quantitative estimate of drug-likeness (QED) is 0.814. The van der Waals surface area contributed by atoms with Crippen LogP contribution < -0.4 is 9.64 Å². The van der Waals surface area contributed by atoms with Gasteiger partial charge in [0.15, 0.2) is 15.9 Å². The lowest BCUT2D eigenvalue weighted by atomic mass is 10.3. The summed E-state index contributed by atoms with van der Waals surface area (Å²) in [4.78, 5) is 13.5. The molecule has 1 aromatic heterocycles. The van der Waals surface area contributed by atoms with Crippen molar-refractivity contribution in [3.05, 3.63) is 36.6 Å². The average molecular weight is 338 g/mol. The van der Waals surface area contributed by atoms with Crippen LogP contribution in [0.2, 0.25) is 0 Å². The number of hydrogen-bond acceptors (Lipinski definition) is 7. The van der Waals surface area contributed by atoms with Gasteiger partial charge in [-0.05, 0) is 29.4 Å². The monoisotopic (exact) mass is 338 g/mol. The summed E-state index contributed by atoms with van der Waals surface area (Å²) < 4.78 is 38.1. The van der Waals surface area contributed by atoms with Crippen LogP contribution in [-0.4, -0.2) is 45.2 Å². The summed E-state index contributed by atoms with van der Waals surface area (Å²) in [6.07, 6.45) is 1.55. The van der Waals surface area contributed by atoms with Crippen molar-refractivity contribution in [2.75, 3.05) is 24.3 Å². The van der Waals surface area contributed by atoms with Crippen molar-refractivity contribution in [3.8, 4) is 5.88 Å². The molecule has 1 saturated heterocycles. The maximum atomic E-state index is 11.9. The Morgan fingerprint density at radius 3 is 2.65 bits per heavy atom. The molecule has 1 fully saturated rings. The topological polar surface area (TPSA) is 98.9 Å². The van der Waals surface area contributed by atoms with Crippen LogP contribution in [0.5, 0.6) is 5.88 Å². The van der Waals surface area contributed by atoms with Crippen molar-refractivity contribution >= 4 is 21.6 Å². The minimum atomic E-state index is -3.27. The smallest absolute Gasteiger partial charge is 0.414 e. The summed E-state index contributed by atoms with van der Waals surface area (Å²) in [5, 5.41) is 3.60. The Bertz CT molecular complexity index is 785. The zero-order valence-electron chi connectivity index (χ0n) is 12.2. The van der Waals surface area contributed by atoms with Gasteiger partial charge in [-0.15, -0.1) is 0 Å². The number of hydrogen-bond donors (Lipinski definition) is 0. The number of rotatable bonds is 5. The molecule has 3 rings (SSSR count). The van der Waals surface area contributed by atoms with Gasteiger partial charge in [-0.25, -0.2) is 13.2 Å². The summed E-state index contributed by atoms with van der Waals surface area (Å²) in [6, 6.07) is 7.60. The Morgan fingerprint density at radius 2 is 2.04 bits per heavy atom. The number of carbonyl (C=O) groups is 1. The molecule has 1 atom stereocenters.